The third kappa shape index (κ3) is 5.05. The van der Waals surface area contributed by atoms with E-state index in [2.05, 4.69) is 0 Å². The number of rotatable bonds is 9. The molecule has 0 N–H and O–H groups in total. The molecule has 0 unspecified atom stereocenters. The summed E-state index contributed by atoms with van der Waals surface area (Å²) in [6.45, 7) is 4.51. The lowest BCUT2D eigenvalue weighted by Gasteiger charge is -2.34. The van der Waals surface area contributed by atoms with Crippen LogP contribution in [0.15, 0.2) is 0 Å². The third-order valence-electron chi connectivity index (χ3n) is 3.01. The lowest BCUT2D eigenvalue weighted by atomic mass is 10.1. The van der Waals surface area contributed by atoms with E-state index in [-0.39, 0.29) is 13.1 Å². The van der Waals surface area contributed by atoms with Crippen LogP contribution in [0.1, 0.15) is 13.8 Å². The zero-order chi connectivity index (χ0) is 18.7. The van der Waals surface area contributed by atoms with Crippen molar-refractivity contribution in [3.8, 4) is 0 Å². The van der Waals surface area contributed by atoms with Gasteiger partial charge in [0.25, 0.3) is 0 Å². The van der Waals surface area contributed by atoms with E-state index in [1.165, 1.54) is 0 Å². The van der Waals surface area contributed by atoms with Crippen molar-refractivity contribution in [1.82, 2.24) is 9.21 Å². The van der Waals surface area contributed by atoms with Crippen LogP contribution in [0.2, 0.25) is 0 Å². The predicted molar refractivity (Wildman–Crippen MR) is 68.9 cm³/mol. The van der Waals surface area contributed by atoms with E-state index in [1.807, 2.05) is 0 Å². The van der Waals surface area contributed by atoms with Crippen molar-refractivity contribution in [2.75, 3.05) is 33.2 Å². The second-order valence-electron chi connectivity index (χ2n) is 4.63. The summed E-state index contributed by atoms with van der Waals surface area (Å²) >= 11 is -1.04. The standard InChI is InChI=1S/C11H17F9N2S/c1-4-22(5-2)7-6-21(3)23-11(19,20)9(14,15)8(12,13)10(16,17)18/h4-7H2,1-3H3. The predicted octanol–water partition coefficient (Wildman–Crippen LogP) is 4.33. The Morgan fingerprint density at radius 3 is 1.52 bits per heavy atom. The first-order chi connectivity index (χ1) is 10.1. The van der Waals surface area contributed by atoms with E-state index >= 15 is 0 Å². The van der Waals surface area contributed by atoms with Crippen molar-refractivity contribution in [2.24, 2.45) is 0 Å². The number of halogens is 9. The molecule has 0 amide bonds. The van der Waals surface area contributed by atoms with E-state index in [0.717, 1.165) is 7.05 Å². The van der Waals surface area contributed by atoms with Gasteiger partial charge in [-0.1, -0.05) is 13.8 Å². The third-order valence-corrected chi connectivity index (χ3v) is 3.99. The maximum absolute atomic E-state index is 13.3. The van der Waals surface area contributed by atoms with Gasteiger partial charge < -0.3 is 4.90 Å². The summed E-state index contributed by atoms with van der Waals surface area (Å²) in [6, 6.07) is 0. The van der Waals surface area contributed by atoms with Gasteiger partial charge in [0.05, 0.1) is 0 Å². The van der Waals surface area contributed by atoms with Gasteiger partial charge in [-0.05, 0) is 20.1 Å². The fourth-order valence-corrected chi connectivity index (χ4v) is 2.29. The topological polar surface area (TPSA) is 6.48 Å². The highest BCUT2D eigenvalue weighted by atomic mass is 32.2. The van der Waals surface area contributed by atoms with E-state index < -0.39 is 35.2 Å². The minimum Gasteiger partial charge on any atom is -0.303 e. The SMILES string of the molecule is CCN(CC)CCN(C)SC(F)(F)C(F)(F)C(F)(F)C(F)(F)F. The van der Waals surface area contributed by atoms with Gasteiger partial charge in [-0.2, -0.15) is 39.5 Å². The van der Waals surface area contributed by atoms with Gasteiger partial charge >= 0.3 is 23.3 Å². The average Bonchev–Trinajstić information content (AvgIpc) is 2.37. The summed E-state index contributed by atoms with van der Waals surface area (Å²) in [5.74, 6) is -13.4. The van der Waals surface area contributed by atoms with Gasteiger partial charge in [0, 0.05) is 25.0 Å². The molecule has 0 aromatic rings. The lowest BCUT2D eigenvalue weighted by molar-refractivity contribution is -0.381. The van der Waals surface area contributed by atoms with Crippen LogP contribution in [0, 0.1) is 0 Å². The number of hydrogen-bond donors (Lipinski definition) is 0. The molecule has 0 fully saturated rings. The van der Waals surface area contributed by atoms with Crippen LogP contribution in [-0.2, 0) is 0 Å². The number of nitrogens with zero attached hydrogens (tertiary/aromatic N) is 2. The molecule has 12 heteroatoms. The normalized spacial score (nSPS) is 14.9. The van der Waals surface area contributed by atoms with Crippen molar-refractivity contribution < 1.29 is 39.5 Å². The summed E-state index contributed by atoms with van der Waals surface area (Å²) in [5.41, 5.74) is 0. The maximum atomic E-state index is 13.3. The second-order valence-corrected chi connectivity index (χ2v) is 5.95. The Labute approximate surface area is 132 Å². The number of hydrogen-bond acceptors (Lipinski definition) is 3. The van der Waals surface area contributed by atoms with Crippen LogP contribution in [0.4, 0.5) is 39.5 Å². The Bertz CT molecular complexity index is 369. The van der Waals surface area contributed by atoms with Gasteiger partial charge in [-0.25, -0.2) is 4.31 Å². The van der Waals surface area contributed by atoms with Crippen LogP contribution in [-0.4, -0.2) is 65.7 Å². The van der Waals surface area contributed by atoms with E-state index in [0.29, 0.717) is 17.4 Å². The van der Waals surface area contributed by atoms with Crippen molar-refractivity contribution in [1.29, 1.82) is 0 Å². The number of likely N-dealkylation sites (N-methyl/N-ethyl adjacent to an activating group) is 2. The summed E-state index contributed by atoms with van der Waals surface area (Å²) in [7, 11) is 0.907. The molecule has 2 nitrogen and oxygen atoms in total. The minimum atomic E-state index is -6.85. The largest absolute Gasteiger partial charge is 0.460 e. The Balaban J connectivity index is 5.04. The molecular formula is C11H17F9N2S. The molecular weight excluding hydrogens is 363 g/mol. The highest BCUT2D eigenvalue weighted by Gasteiger charge is 2.82. The zero-order valence-electron chi connectivity index (χ0n) is 12.5. The summed E-state index contributed by atoms with van der Waals surface area (Å²) in [4.78, 5) is 1.73. The van der Waals surface area contributed by atoms with Crippen LogP contribution < -0.4 is 0 Å². The van der Waals surface area contributed by atoms with Crippen molar-refractivity contribution >= 4 is 11.9 Å². The Morgan fingerprint density at radius 2 is 1.17 bits per heavy atom. The lowest BCUT2D eigenvalue weighted by Crippen LogP contribution is -2.60. The first-order valence-corrected chi connectivity index (χ1v) is 7.24. The first kappa shape index (κ1) is 22.6. The van der Waals surface area contributed by atoms with Crippen LogP contribution in [0.3, 0.4) is 0 Å². The molecule has 0 bridgehead atoms. The van der Waals surface area contributed by atoms with Crippen LogP contribution in [0.25, 0.3) is 0 Å². The maximum Gasteiger partial charge on any atom is 0.460 e. The monoisotopic (exact) mass is 380 g/mol. The molecule has 23 heavy (non-hydrogen) atoms. The van der Waals surface area contributed by atoms with Gasteiger partial charge in [0.1, 0.15) is 0 Å². The molecule has 0 heterocycles. The van der Waals surface area contributed by atoms with Crippen molar-refractivity contribution in [2.45, 2.75) is 37.1 Å². The fraction of sp³-hybridized carbons (Fsp3) is 1.00. The first-order valence-electron chi connectivity index (χ1n) is 6.46. The molecule has 0 spiro atoms. The smallest absolute Gasteiger partial charge is 0.303 e. The Morgan fingerprint density at radius 1 is 0.739 bits per heavy atom. The van der Waals surface area contributed by atoms with Gasteiger partial charge in [-0.15, -0.1) is 0 Å². The zero-order valence-corrected chi connectivity index (χ0v) is 13.3. The average molecular weight is 380 g/mol. The number of alkyl halides is 9. The quantitative estimate of drug-likeness (QED) is 0.434. The highest BCUT2D eigenvalue weighted by molar-refractivity contribution is 7.98. The van der Waals surface area contributed by atoms with Crippen LogP contribution >= 0.6 is 11.9 Å². The van der Waals surface area contributed by atoms with E-state index in [1.54, 1.807) is 18.7 Å². The van der Waals surface area contributed by atoms with Gasteiger partial charge in [0.2, 0.25) is 0 Å². The van der Waals surface area contributed by atoms with Crippen molar-refractivity contribution in [3.05, 3.63) is 0 Å². The second kappa shape index (κ2) is 7.68. The molecule has 0 aliphatic carbocycles. The van der Waals surface area contributed by atoms with Crippen molar-refractivity contribution in [3.63, 3.8) is 0 Å². The molecule has 0 aromatic carbocycles. The van der Waals surface area contributed by atoms with E-state index in [9.17, 15) is 39.5 Å². The molecule has 0 saturated carbocycles. The van der Waals surface area contributed by atoms with Gasteiger partial charge in [0.15, 0.2) is 0 Å². The highest BCUT2D eigenvalue weighted by Crippen LogP contribution is 2.56. The summed E-state index contributed by atoms with van der Waals surface area (Å²) < 4.78 is 115. The van der Waals surface area contributed by atoms with Crippen LogP contribution in [0.5, 0.6) is 0 Å². The summed E-state index contributed by atoms with van der Waals surface area (Å²) in [6.07, 6.45) is -6.79. The Kier molecular flexibility index (Phi) is 7.56. The molecule has 0 radical (unpaired) electrons. The van der Waals surface area contributed by atoms with Gasteiger partial charge in [-0.3, -0.25) is 0 Å². The fourth-order valence-electron chi connectivity index (χ4n) is 1.48. The minimum absolute atomic E-state index is 0.161. The summed E-state index contributed by atoms with van der Waals surface area (Å²) in [5, 5.41) is -5.63. The molecule has 140 valence electrons. The molecule has 0 rings (SSSR count). The molecule has 0 aliphatic heterocycles. The Hall–Kier alpha value is -0.360. The molecule has 0 atom stereocenters. The van der Waals surface area contributed by atoms with E-state index in [4.69, 9.17) is 0 Å². The molecule has 0 aliphatic rings. The molecule has 0 aromatic heterocycles. The molecule has 0 saturated heterocycles.